The number of nitrogens with zero attached hydrogens (tertiary/aromatic N) is 5. The van der Waals surface area contributed by atoms with Crippen molar-refractivity contribution in [2.24, 2.45) is 5.41 Å². The van der Waals surface area contributed by atoms with Crippen LogP contribution in [0.2, 0.25) is 0 Å². The topological polar surface area (TPSA) is 101 Å². The van der Waals surface area contributed by atoms with Gasteiger partial charge in [0.1, 0.15) is 6.33 Å². The molecule has 1 fully saturated rings. The first kappa shape index (κ1) is 15.6. The van der Waals surface area contributed by atoms with Crippen molar-refractivity contribution in [3.63, 3.8) is 0 Å². The van der Waals surface area contributed by atoms with Crippen molar-refractivity contribution < 1.29 is 4.79 Å². The van der Waals surface area contributed by atoms with Gasteiger partial charge < -0.3 is 5.32 Å². The zero-order chi connectivity index (χ0) is 16.1. The lowest BCUT2D eigenvalue weighted by Crippen LogP contribution is -2.36. The zero-order valence-corrected chi connectivity index (χ0v) is 13.5. The average molecular weight is 317 g/mol. The van der Waals surface area contributed by atoms with Crippen LogP contribution in [-0.4, -0.2) is 36.3 Å². The fraction of sp³-hybridized carbons (Fsp3) is 0.667. The second-order valence-electron chi connectivity index (χ2n) is 6.54. The van der Waals surface area contributed by atoms with E-state index in [1.165, 1.54) is 6.42 Å². The maximum absolute atomic E-state index is 12.4. The fourth-order valence-electron chi connectivity index (χ4n) is 3.44. The van der Waals surface area contributed by atoms with Crippen LogP contribution in [0.5, 0.6) is 0 Å². The summed E-state index contributed by atoms with van der Waals surface area (Å²) in [5, 5.41) is 21.2. The van der Waals surface area contributed by atoms with E-state index in [1.54, 1.807) is 17.2 Å². The van der Waals surface area contributed by atoms with Gasteiger partial charge in [-0.05, 0) is 35.6 Å². The minimum Gasteiger partial charge on any atom is -0.352 e. The van der Waals surface area contributed by atoms with Crippen molar-refractivity contribution >= 4 is 5.91 Å². The molecule has 3 rings (SSSR count). The molecule has 8 nitrogen and oxygen atoms in total. The Balaban J connectivity index is 1.61. The molecule has 1 saturated carbocycles. The molecule has 0 saturated heterocycles. The summed E-state index contributed by atoms with van der Waals surface area (Å²) in [6.07, 6.45) is 9.57. The quantitative estimate of drug-likeness (QED) is 0.837. The van der Waals surface area contributed by atoms with Gasteiger partial charge in [0.2, 0.25) is 5.91 Å². The lowest BCUT2D eigenvalue weighted by atomic mass is 9.71. The Morgan fingerprint density at radius 1 is 1.39 bits per heavy atom. The Morgan fingerprint density at radius 3 is 2.87 bits per heavy atom. The predicted molar refractivity (Wildman–Crippen MR) is 83.1 cm³/mol. The van der Waals surface area contributed by atoms with Crippen molar-refractivity contribution in [1.29, 1.82) is 0 Å². The first-order valence-corrected chi connectivity index (χ1v) is 8.13. The van der Waals surface area contributed by atoms with Crippen LogP contribution < -0.4 is 5.32 Å². The van der Waals surface area contributed by atoms with Crippen LogP contribution in [0, 0.1) is 12.3 Å². The van der Waals surface area contributed by atoms with Crippen LogP contribution in [0.1, 0.15) is 49.8 Å². The summed E-state index contributed by atoms with van der Waals surface area (Å²) in [4.78, 5) is 12.4. The highest BCUT2D eigenvalue weighted by atomic mass is 16.1. The molecule has 2 heterocycles. The van der Waals surface area contributed by atoms with Crippen LogP contribution in [-0.2, 0) is 17.9 Å². The minimum atomic E-state index is -0.0385. The molecule has 1 aliphatic rings. The summed E-state index contributed by atoms with van der Waals surface area (Å²) in [5.74, 6) is 0.0839. The van der Waals surface area contributed by atoms with E-state index in [9.17, 15) is 4.79 Å². The van der Waals surface area contributed by atoms with E-state index >= 15 is 0 Å². The zero-order valence-electron chi connectivity index (χ0n) is 13.5. The van der Waals surface area contributed by atoms with Crippen LogP contribution in [0.25, 0.3) is 0 Å². The van der Waals surface area contributed by atoms with Crippen molar-refractivity contribution in [3.8, 4) is 0 Å². The van der Waals surface area contributed by atoms with Crippen LogP contribution >= 0.6 is 0 Å². The van der Waals surface area contributed by atoms with Gasteiger partial charge in [0.15, 0.2) is 0 Å². The highest BCUT2D eigenvalue weighted by Gasteiger charge is 2.35. The number of amides is 1. The molecule has 2 N–H and O–H groups in total. The summed E-state index contributed by atoms with van der Waals surface area (Å²) < 4.78 is 1.75. The number of tetrazole rings is 1. The third kappa shape index (κ3) is 3.94. The van der Waals surface area contributed by atoms with E-state index in [0.29, 0.717) is 19.5 Å². The molecule has 0 radical (unpaired) electrons. The van der Waals surface area contributed by atoms with Crippen LogP contribution in [0.4, 0.5) is 0 Å². The van der Waals surface area contributed by atoms with Gasteiger partial charge in [-0.25, -0.2) is 4.68 Å². The molecule has 1 amide bonds. The normalized spacial score (nSPS) is 17.1. The molecular weight excluding hydrogens is 294 g/mol. The standard InChI is InChI=1S/C15H23N7O/c1-12-13(9-17-19-12)8-16-14(23)7-15(5-3-2-4-6-15)10-22-11-18-20-21-22/h9,11H,2-8,10H2,1H3,(H,16,23)(H,17,19). The number of H-pyrrole nitrogens is 1. The lowest BCUT2D eigenvalue weighted by molar-refractivity contribution is -0.124. The first-order valence-electron chi connectivity index (χ1n) is 8.13. The molecule has 23 heavy (non-hydrogen) atoms. The van der Waals surface area contributed by atoms with Gasteiger partial charge >= 0.3 is 0 Å². The summed E-state index contributed by atoms with van der Waals surface area (Å²) >= 11 is 0. The van der Waals surface area contributed by atoms with Gasteiger partial charge in [-0.2, -0.15) is 5.10 Å². The number of hydrogen-bond donors (Lipinski definition) is 2. The molecule has 8 heteroatoms. The highest BCUT2D eigenvalue weighted by Crippen LogP contribution is 2.40. The van der Waals surface area contributed by atoms with E-state index in [4.69, 9.17) is 0 Å². The third-order valence-corrected chi connectivity index (χ3v) is 4.75. The monoisotopic (exact) mass is 317 g/mol. The number of hydrogen-bond acceptors (Lipinski definition) is 5. The number of carbonyl (C=O) groups is 1. The molecule has 0 unspecified atom stereocenters. The molecule has 0 atom stereocenters. The SMILES string of the molecule is Cc1[nH]ncc1CNC(=O)CC1(Cn2cnnn2)CCCCC1. The van der Waals surface area contributed by atoms with E-state index < -0.39 is 0 Å². The maximum Gasteiger partial charge on any atom is 0.220 e. The average Bonchev–Trinajstić information content (AvgIpc) is 3.18. The van der Waals surface area contributed by atoms with E-state index in [0.717, 1.165) is 36.9 Å². The summed E-state index contributed by atoms with van der Waals surface area (Å²) in [6.45, 7) is 3.18. The molecule has 0 aromatic carbocycles. The van der Waals surface area contributed by atoms with Gasteiger partial charge in [-0.15, -0.1) is 5.10 Å². The van der Waals surface area contributed by atoms with Crippen LogP contribution in [0.3, 0.4) is 0 Å². The highest BCUT2D eigenvalue weighted by molar-refractivity contribution is 5.76. The Morgan fingerprint density at radius 2 is 2.22 bits per heavy atom. The second-order valence-corrected chi connectivity index (χ2v) is 6.54. The summed E-state index contributed by atoms with van der Waals surface area (Å²) in [7, 11) is 0. The van der Waals surface area contributed by atoms with Gasteiger partial charge in [0.25, 0.3) is 0 Å². The predicted octanol–water partition coefficient (Wildman–Crippen LogP) is 1.36. The third-order valence-electron chi connectivity index (χ3n) is 4.75. The van der Waals surface area contributed by atoms with Gasteiger partial charge in [0.05, 0.1) is 12.7 Å². The lowest BCUT2D eigenvalue weighted by Gasteiger charge is -2.36. The van der Waals surface area contributed by atoms with Crippen molar-refractivity contribution in [2.45, 2.75) is 58.5 Å². The Bertz CT molecular complexity index is 628. The van der Waals surface area contributed by atoms with Crippen molar-refractivity contribution in [1.82, 2.24) is 35.7 Å². The molecule has 124 valence electrons. The smallest absolute Gasteiger partial charge is 0.220 e. The molecule has 2 aromatic heterocycles. The minimum absolute atomic E-state index is 0.0385. The Hall–Kier alpha value is -2.25. The fourth-order valence-corrected chi connectivity index (χ4v) is 3.44. The first-order chi connectivity index (χ1) is 11.2. The molecule has 0 bridgehead atoms. The number of aromatic amines is 1. The van der Waals surface area contributed by atoms with Gasteiger partial charge in [0, 0.05) is 24.2 Å². The van der Waals surface area contributed by atoms with E-state index in [1.807, 2.05) is 6.92 Å². The number of carbonyl (C=O) groups excluding carboxylic acids is 1. The second kappa shape index (κ2) is 6.89. The Labute approximate surface area is 135 Å². The number of nitrogens with one attached hydrogen (secondary N) is 2. The number of rotatable bonds is 6. The van der Waals surface area contributed by atoms with Crippen molar-refractivity contribution in [2.75, 3.05) is 0 Å². The van der Waals surface area contributed by atoms with Gasteiger partial charge in [-0.3, -0.25) is 9.89 Å². The largest absolute Gasteiger partial charge is 0.352 e. The molecule has 0 spiro atoms. The molecule has 2 aromatic rings. The van der Waals surface area contributed by atoms with Crippen LogP contribution in [0.15, 0.2) is 12.5 Å². The van der Waals surface area contributed by atoms with E-state index in [2.05, 4.69) is 31.0 Å². The Kier molecular flexibility index (Phi) is 4.68. The maximum atomic E-state index is 12.4. The number of aryl methyl sites for hydroxylation is 1. The molecular formula is C15H23N7O. The molecule has 1 aliphatic carbocycles. The van der Waals surface area contributed by atoms with E-state index in [-0.39, 0.29) is 11.3 Å². The van der Waals surface area contributed by atoms with Gasteiger partial charge in [-0.1, -0.05) is 19.3 Å². The number of aromatic nitrogens is 6. The molecule has 0 aliphatic heterocycles. The summed E-state index contributed by atoms with van der Waals surface area (Å²) in [6, 6.07) is 0. The van der Waals surface area contributed by atoms with Crippen molar-refractivity contribution in [3.05, 3.63) is 23.8 Å². The summed E-state index contributed by atoms with van der Waals surface area (Å²) in [5.41, 5.74) is 1.98.